The Morgan fingerprint density at radius 3 is 1.95 bits per heavy atom. The summed E-state index contributed by atoms with van der Waals surface area (Å²) < 4.78 is 131. The Hall–Kier alpha value is -3.39. The molecule has 1 aliphatic heterocycles. The highest BCUT2D eigenvalue weighted by Crippen LogP contribution is 2.41. The van der Waals surface area contributed by atoms with Crippen LogP contribution in [0.5, 0.6) is 0 Å². The average Bonchev–Trinajstić information content (AvgIpc) is 3.08. The molecule has 3 rings (SSSR count). The van der Waals surface area contributed by atoms with Crippen LogP contribution in [-0.2, 0) is 34.5 Å². The van der Waals surface area contributed by atoms with Gasteiger partial charge in [-0.1, -0.05) is 0 Å². The third-order valence-corrected chi connectivity index (χ3v) is 5.64. The molecule has 15 heteroatoms. The smallest absolute Gasteiger partial charge is 0.419 e. The van der Waals surface area contributed by atoms with Gasteiger partial charge in [0.05, 0.1) is 28.8 Å². The maximum absolute atomic E-state index is 14.0. The molecule has 1 aromatic carbocycles. The Kier molecular flexibility index (Phi) is 7.71. The first-order valence-electron chi connectivity index (χ1n) is 11.3. The molecule has 0 aliphatic carbocycles. The highest BCUT2D eigenvalue weighted by molar-refractivity contribution is 5.93. The lowest BCUT2D eigenvalue weighted by Crippen LogP contribution is -2.39. The lowest BCUT2D eigenvalue weighted by molar-refractivity contribution is -0.143. The summed E-state index contributed by atoms with van der Waals surface area (Å²) in [5.74, 6) is -1.25. The van der Waals surface area contributed by atoms with Crippen LogP contribution < -0.4 is 0 Å². The van der Waals surface area contributed by atoms with Crippen LogP contribution in [0.15, 0.2) is 18.2 Å². The Bertz CT molecular complexity index is 1220. The fraction of sp³-hybridized carbons (Fsp3) is 0.500. The molecule has 1 aliphatic rings. The highest BCUT2D eigenvalue weighted by atomic mass is 19.4. The van der Waals surface area contributed by atoms with Gasteiger partial charge in [-0.05, 0) is 51.5 Å². The van der Waals surface area contributed by atoms with Gasteiger partial charge < -0.3 is 19.4 Å². The molecule has 216 valence electrons. The zero-order chi connectivity index (χ0) is 29.7. The number of carbonyl (C=O) groups is 2. The molecular weight excluding hydrogens is 551 g/mol. The van der Waals surface area contributed by atoms with Crippen molar-refractivity contribution in [2.45, 2.75) is 70.9 Å². The van der Waals surface area contributed by atoms with Crippen molar-refractivity contribution in [2.75, 3.05) is 6.54 Å². The summed E-state index contributed by atoms with van der Waals surface area (Å²) in [6.07, 6.45) is -18.4. The number of ether oxygens (including phenoxy) is 2. The lowest BCUT2D eigenvalue weighted by Gasteiger charge is -2.32. The molecule has 1 saturated heterocycles. The van der Waals surface area contributed by atoms with E-state index in [2.05, 4.69) is 4.98 Å². The summed E-state index contributed by atoms with van der Waals surface area (Å²) in [6, 6.07) is 0.771. The second-order valence-electron chi connectivity index (χ2n) is 9.90. The Labute approximate surface area is 216 Å². The van der Waals surface area contributed by atoms with Crippen molar-refractivity contribution in [1.82, 2.24) is 9.88 Å². The number of alkyl halides is 9. The van der Waals surface area contributed by atoms with E-state index >= 15 is 0 Å². The average molecular weight is 574 g/mol. The summed E-state index contributed by atoms with van der Waals surface area (Å²) in [4.78, 5) is 28.3. The van der Waals surface area contributed by atoms with Crippen molar-refractivity contribution >= 4 is 12.1 Å². The predicted molar refractivity (Wildman–Crippen MR) is 116 cm³/mol. The van der Waals surface area contributed by atoms with E-state index in [9.17, 15) is 49.1 Å². The minimum absolute atomic E-state index is 0.0745. The van der Waals surface area contributed by atoms with Crippen LogP contribution in [0.2, 0.25) is 0 Å². The summed E-state index contributed by atoms with van der Waals surface area (Å²) in [6.45, 7) is 4.49. The number of amides is 1. The number of nitrogens with one attached hydrogen (secondary N) is 1. The Balaban J connectivity index is 1.89. The van der Waals surface area contributed by atoms with Gasteiger partial charge in [0.25, 0.3) is 0 Å². The number of benzene rings is 1. The maximum atomic E-state index is 14.0. The zero-order valence-electron chi connectivity index (χ0n) is 20.9. The summed E-state index contributed by atoms with van der Waals surface area (Å²) >= 11 is 0. The summed E-state index contributed by atoms with van der Waals surface area (Å²) in [5, 5.41) is 0. The van der Waals surface area contributed by atoms with Crippen molar-refractivity contribution in [3.63, 3.8) is 0 Å². The second-order valence-corrected chi connectivity index (χ2v) is 9.90. The van der Waals surface area contributed by atoms with Gasteiger partial charge in [0.1, 0.15) is 11.7 Å². The van der Waals surface area contributed by atoms with E-state index in [4.69, 9.17) is 9.47 Å². The van der Waals surface area contributed by atoms with Crippen LogP contribution in [0.1, 0.15) is 77.3 Å². The van der Waals surface area contributed by atoms with E-state index in [1.807, 2.05) is 0 Å². The molecule has 1 atom stereocenters. The third-order valence-electron chi connectivity index (χ3n) is 5.64. The normalized spacial score (nSPS) is 17.3. The number of aromatic nitrogens is 1. The standard InChI is InChI=1S/C24H23F9N2O4/c1-11-17(19(36)39-21(2,3)4)18(24(31,32)33)15(34-11)10-35-6-5-16(38-20(35)37)12-7-13(22(25,26)27)9-14(8-12)23(28,29)30/h7-9,16,34H,5-6,10H2,1-4H3. The second kappa shape index (κ2) is 9.97. The molecule has 1 N–H and O–H groups in total. The molecule has 1 aromatic heterocycles. The number of halogens is 9. The maximum Gasteiger partial charge on any atom is 0.419 e. The number of H-pyrrole nitrogens is 1. The third kappa shape index (κ3) is 6.98. The quantitative estimate of drug-likeness (QED) is 0.305. The number of aryl methyl sites for hydroxylation is 1. The van der Waals surface area contributed by atoms with E-state index in [0.717, 1.165) is 4.90 Å². The van der Waals surface area contributed by atoms with Gasteiger partial charge in [-0.2, -0.15) is 39.5 Å². The van der Waals surface area contributed by atoms with Crippen molar-refractivity contribution in [3.05, 3.63) is 57.4 Å². The molecule has 0 spiro atoms. The number of rotatable bonds is 4. The zero-order valence-corrected chi connectivity index (χ0v) is 20.9. The summed E-state index contributed by atoms with van der Waals surface area (Å²) in [5.41, 5.74) is -7.77. The molecule has 39 heavy (non-hydrogen) atoms. The van der Waals surface area contributed by atoms with Gasteiger partial charge in [-0.15, -0.1) is 0 Å². The first-order chi connectivity index (χ1) is 17.6. The number of cyclic esters (lactones) is 1. The van der Waals surface area contributed by atoms with Gasteiger partial charge in [0.15, 0.2) is 0 Å². The molecule has 0 radical (unpaired) electrons. The van der Waals surface area contributed by atoms with E-state index in [0.29, 0.717) is 12.1 Å². The van der Waals surface area contributed by atoms with Crippen LogP contribution in [-0.4, -0.2) is 34.1 Å². The predicted octanol–water partition coefficient (Wildman–Crippen LogP) is 7.42. The Morgan fingerprint density at radius 1 is 0.974 bits per heavy atom. The van der Waals surface area contributed by atoms with Gasteiger partial charge in [-0.3, -0.25) is 0 Å². The van der Waals surface area contributed by atoms with Crippen molar-refractivity contribution in [2.24, 2.45) is 0 Å². The molecular formula is C24H23F9N2O4. The molecule has 6 nitrogen and oxygen atoms in total. The van der Waals surface area contributed by atoms with Gasteiger partial charge in [0.2, 0.25) is 0 Å². The topological polar surface area (TPSA) is 71.6 Å². The van der Waals surface area contributed by atoms with Crippen LogP contribution in [0.25, 0.3) is 0 Å². The van der Waals surface area contributed by atoms with Crippen molar-refractivity contribution in [3.8, 4) is 0 Å². The number of aromatic amines is 1. The lowest BCUT2D eigenvalue weighted by atomic mass is 9.98. The van der Waals surface area contributed by atoms with Gasteiger partial charge in [-0.25, -0.2) is 9.59 Å². The van der Waals surface area contributed by atoms with Crippen molar-refractivity contribution in [1.29, 1.82) is 0 Å². The molecule has 2 heterocycles. The van der Waals surface area contributed by atoms with E-state index in [1.54, 1.807) is 0 Å². The minimum Gasteiger partial charge on any atom is -0.456 e. The fourth-order valence-corrected chi connectivity index (χ4v) is 4.06. The largest absolute Gasteiger partial charge is 0.456 e. The van der Waals surface area contributed by atoms with E-state index in [1.165, 1.54) is 27.7 Å². The Morgan fingerprint density at radius 2 is 1.51 bits per heavy atom. The van der Waals surface area contributed by atoms with E-state index < -0.39 is 82.4 Å². The molecule has 0 saturated carbocycles. The number of carbonyl (C=O) groups excluding carboxylic acids is 2. The molecule has 1 unspecified atom stereocenters. The highest BCUT2D eigenvalue weighted by Gasteiger charge is 2.43. The molecule has 1 fully saturated rings. The minimum atomic E-state index is -5.12. The van der Waals surface area contributed by atoms with Crippen molar-refractivity contribution < 1.29 is 58.6 Å². The number of hydrogen-bond acceptors (Lipinski definition) is 4. The van der Waals surface area contributed by atoms with Crippen LogP contribution >= 0.6 is 0 Å². The molecule has 0 bridgehead atoms. The van der Waals surface area contributed by atoms with Gasteiger partial charge >= 0.3 is 30.6 Å². The number of nitrogens with zero attached hydrogens (tertiary/aromatic N) is 1. The van der Waals surface area contributed by atoms with E-state index in [-0.39, 0.29) is 24.7 Å². The monoisotopic (exact) mass is 574 g/mol. The van der Waals surface area contributed by atoms with Gasteiger partial charge in [0, 0.05) is 24.4 Å². The molecule has 1 amide bonds. The SMILES string of the molecule is Cc1[nH]c(CN2CCC(c3cc(C(F)(F)F)cc(C(F)(F)F)c3)OC2=O)c(C(F)(F)F)c1C(=O)OC(C)(C)C. The number of esters is 1. The van der Waals surface area contributed by atoms with Crippen LogP contribution in [0, 0.1) is 6.92 Å². The number of hydrogen-bond donors (Lipinski definition) is 1. The van der Waals surface area contributed by atoms with Crippen LogP contribution in [0.3, 0.4) is 0 Å². The molecule has 2 aromatic rings. The summed E-state index contributed by atoms with van der Waals surface area (Å²) in [7, 11) is 0. The first-order valence-corrected chi connectivity index (χ1v) is 11.3. The fourth-order valence-electron chi connectivity index (χ4n) is 4.06. The van der Waals surface area contributed by atoms with Crippen LogP contribution in [0.4, 0.5) is 44.3 Å². The first kappa shape index (κ1) is 30.2.